The lowest BCUT2D eigenvalue weighted by Gasteiger charge is -2.32. The highest BCUT2D eigenvalue weighted by Crippen LogP contribution is 2.38. The molecule has 1 aromatic rings. The molecule has 98 valence electrons. The Hall–Kier alpha value is -1.11. The lowest BCUT2D eigenvalue weighted by atomic mass is 9.77. The van der Waals surface area contributed by atoms with Crippen LogP contribution in [0.25, 0.3) is 6.08 Å². The van der Waals surface area contributed by atoms with Crippen molar-refractivity contribution in [3.63, 3.8) is 0 Å². The van der Waals surface area contributed by atoms with Gasteiger partial charge < -0.3 is 15.0 Å². The van der Waals surface area contributed by atoms with E-state index < -0.39 is 7.12 Å². The fourth-order valence-corrected chi connectivity index (χ4v) is 1.77. The number of hydrogen-bond acceptors (Lipinski definition) is 4. The number of nitrogens with zero attached hydrogens (tertiary/aromatic N) is 1. The fourth-order valence-electron chi connectivity index (χ4n) is 1.77. The van der Waals surface area contributed by atoms with E-state index in [0.29, 0.717) is 6.54 Å². The molecule has 0 atom stereocenters. The number of hydrogen-bond donors (Lipinski definition) is 2. The molecule has 0 bridgehead atoms. The Morgan fingerprint density at radius 2 is 2.00 bits per heavy atom. The predicted octanol–water partition coefficient (Wildman–Crippen LogP) is 1.38. The second-order valence-electron chi connectivity index (χ2n) is 5.54. The van der Waals surface area contributed by atoms with E-state index in [9.17, 15) is 0 Å². The van der Waals surface area contributed by atoms with Crippen molar-refractivity contribution in [3.8, 4) is 0 Å². The second kappa shape index (κ2) is 4.53. The summed E-state index contributed by atoms with van der Waals surface area (Å²) in [5, 5.41) is 6.67. The summed E-state index contributed by atoms with van der Waals surface area (Å²) >= 11 is 0. The Morgan fingerprint density at radius 3 is 2.44 bits per heavy atom. The smallest absolute Gasteiger partial charge is 0.400 e. The van der Waals surface area contributed by atoms with E-state index in [-0.39, 0.29) is 11.2 Å². The van der Waals surface area contributed by atoms with Gasteiger partial charge in [-0.2, -0.15) is 5.10 Å². The molecule has 2 rings (SSSR count). The van der Waals surface area contributed by atoms with Gasteiger partial charge in [0.05, 0.1) is 17.4 Å². The number of aromatic amines is 1. The average molecular weight is 249 g/mol. The van der Waals surface area contributed by atoms with Gasteiger partial charge in [-0.3, -0.25) is 5.10 Å². The largest absolute Gasteiger partial charge is 0.491 e. The van der Waals surface area contributed by atoms with Crippen molar-refractivity contribution in [2.24, 2.45) is 5.73 Å². The van der Waals surface area contributed by atoms with Crippen molar-refractivity contribution in [1.29, 1.82) is 0 Å². The molecule has 1 aliphatic rings. The summed E-state index contributed by atoms with van der Waals surface area (Å²) in [5.41, 5.74) is 6.97. The molecule has 18 heavy (non-hydrogen) atoms. The van der Waals surface area contributed by atoms with Gasteiger partial charge in [0.1, 0.15) is 0 Å². The first-order valence-electron chi connectivity index (χ1n) is 6.11. The van der Waals surface area contributed by atoms with Crippen molar-refractivity contribution in [1.82, 2.24) is 10.2 Å². The van der Waals surface area contributed by atoms with Crippen LogP contribution in [-0.4, -0.2) is 35.1 Å². The Balaban J connectivity index is 2.22. The highest BCUT2D eigenvalue weighted by atomic mass is 16.7. The van der Waals surface area contributed by atoms with Crippen LogP contribution in [0.2, 0.25) is 0 Å². The van der Waals surface area contributed by atoms with Crippen LogP contribution in [0, 0.1) is 0 Å². The summed E-state index contributed by atoms with van der Waals surface area (Å²) in [6, 6.07) is 0. The number of nitrogens with two attached hydrogens (primary N) is 1. The van der Waals surface area contributed by atoms with Crippen molar-refractivity contribution in [3.05, 3.63) is 23.4 Å². The van der Waals surface area contributed by atoms with E-state index in [1.165, 1.54) is 0 Å². The number of rotatable bonds is 3. The maximum atomic E-state index is 5.96. The molecule has 0 unspecified atom stereocenters. The third-order valence-electron chi connectivity index (χ3n) is 3.66. The highest BCUT2D eigenvalue weighted by molar-refractivity contribution is 6.55. The summed E-state index contributed by atoms with van der Waals surface area (Å²) < 4.78 is 11.9. The summed E-state index contributed by atoms with van der Waals surface area (Å²) in [7, 11) is -0.394. The molecule has 0 aliphatic carbocycles. The van der Waals surface area contributed by atoms with Crippen LogP contribution in [0.15, 0.2) is 17.9 Å². The molecule has 0 spiro atoms. The minimum absolute atomic E-state index is 0.345. The van der Waals surface area contributed by atoms with Crippen molar-refractivity contribution < 1.29 is 9.31 Å². The fraction of sp³-hybridized carbons (Fsp3) is 0.583. The molecule has 6 heteroatoms. The zero-order valence-corrected chi connectivity index (χ0v) is 11.4. The number of H-pyrrole nitrogens is 1. The Kier molecular flexibility index (Phi) is 3.36. The zero-order valence-electron chi connectivity index (χ0n) is 11.4. The molecule has 0 radical (unpaired) electrons. The first-order chi connectivity index (χ1) is 8.36. The molecular weight excluding hydrogens is 229 g/mol. The van der Waals surface area contributed by atoms with Gasteiger partial charge in [-0.1, -0.05) is 6.08 Å². The van der Waals surface area contributed by atoms with Crippen LogP contribution in [0.4, 0.5) is 0 Å². The molecular formula is C12H20BN3O2. The van der Waals surface area contributed by atoms with E-state index in [2.05, 4.69) is 10.2 Å². The van der Waals surface area contributed by atoms with Gasteiger partial charge in [-0.05, 0) is 33.2 Å². The third-order valence-corrected chi connectivity index (χ3v) is 3.66. The minimum atomic E-state index is -0.394. The van der Waals surface area contributed by atoms with Crippen molar-refractivity contribution in [2.45, 2.75) is 38.9 Å². The molecule has 1 fully saturated rings. The van der Waals surface area contributed by atoms with Gasteiger partial charge in [-0.15, -0.1) is 0 Å². The molecule has 0 aromatic carbocycles. The average Bonchev–Trinajstić information content (AvgIpc) is 2.82. The van der Waals surface area contributed by atoms with E-state index in [1.807, 2.05) is 33.8 Å². The normalized spacial score (nSPS) is 22.5. The van der Waals surface area contributed by atoms with Crippen LogP contribution in [-0.2, 0) is 9.31 Å². The van der Waals surface area contributed by atoms with E-state index in [0.717, 1.165) is 11.0 Å². The van der Waals surface area contributed by atoms with E-state index in [4.69, 9.17) is 15.0 Å². The lowest BCUT2D eigenvalue weighted by molar-refractivity contribution is 0.00578. The maximum absolute atomic E-state index is 5.96. The molecule has 1 aliphatic heterocycles. The van der Waals surface area contributed by atoms with Crippen molar-refractivity contribution in [2.75, 3.05) is 6.54 Å². The molecule has 0 saturated carbocycles. The number of aromatic nitrogens is 2. The summed E-state index contributed by atoms with van der Waals surface area (Å²) in [6.45, 7) is 8.50. The molecule has 0 amide bonds. The first kappa shape index (κ1) is 13.3. The van der Waals surface area contributed by atoms with Crippen LogP contribution in [0.5, 0.6) is 0 Å². The SMILES string of the molecule is CC1(C)OB(C(=Cc2cn[nH]c2)CN)OC1(C)C. The van der Waals surface area contributed by atoms with Gasteiger partial charge in [0, 0.05) is 18.3 Å². The zero-order chi connectivity index (χ0) is 13.4. The molecule has 1 saturated heterocycles. The molecule has 1 aromatic heterocycles. The van der Waals surface area contributed by atoms with Crippen molar-refractivity contribution >= 4 is 13.2 Å². The van der Waals surface area contributed by atoms with Gasteiger partial charge in [0.2, 0.25) is 0 Å². The number of nitrogens with one attached hydrogen (secondary N) is 1. The van der Waals surface area contributed by atoms with E-state index >= 15 is 0 Å². The summed E-state index contributed by atoms with van der Waals surface area (Å²) in [5.74, 6) is 0. The highest BCUT2D eigenvalue weighted by Gasteiger charge is 2.52. The second-order valence-corrected chi connectivity index (χ2v) is 5.54. The first-order valence-corrected chi connectivity index (χ1v) is 6.11. The van der Waals surface area contributed by atoms with Crippen LogP contribution in [0.3, 0.4) is 0 Å². The van der Waals surface area contributed by atoms with Crippen LogP contribution >= 0.6 is 0 Å². The van der Waals surface area contributed by atoms with Gasteiger partial charge in [0.15, 0.2) is 0 Å². The lowest BCUT2D eigenvalue weighted by Crippen LogP contribution is -2.41. The molecule has 2 heterocycles. The summed E-state index contributed by atoms with van der Waals surface area (Å²) in [4.78, 5) is 0. The maximum Gasteiger partial charge on any atom is 0.491 e. The summed E-state index contributed by atoms with van der Waals surface area (Å²) in [6.07, 6.45) is 5.49. The van der Waals surface area contributed by atoms with Gasteiger partial charge in [0.25, 0.3) is 0 Å². The topological polar surface area (TPSA) is 73.2 Å². The standard InChI is InChI=1S/C12H20BN3O2/c1-11(2)12(3,4)18-13(17-11)10(6-14)5-9-7-15-16-8-9/h5,7-8H,6,14H2,1-4H3,(H,15,16). The quantitative estimate of drug-likeness (QED) is 0.794. The molecule has 5 nitrogen and oxygen atoms in total. The Labute approximate surface area is 108 Å². The Bertz CT molecular complexity index is 424. The van der Waals surface area contributed by atoms with Gasteiger partial charge in [-0.25, -0.2) is 0 Å². The minimum Gasteiger partial charge on any atom is -0.400 e. The van der Waals surface area contributed by atoms with E-state index in [1.54, 1.807) is 12.4 Å². The van der Waals surface area contributed by atoms with Gasteiger partial charge >= 0.3 is 7.12 Å². The predicted molar refractivity (Wildman–Crippen MR) is 71.7 cm³/mol. The van der Waals surface area contributed by atoms with Crippen LogP contribution in [0.1, 0.15) is 33.3 Å². The van der Waals surface area contributed by atoms with Crippen LogP contribution < -0.4 is 5.73 Å². The molecule has 3 N–H and O–H groups in total. The Morgan fingerprint density at radius 1 is 1.39 bits per heavy atom. The third kappa shape index (κ3) is 2.36. The monoisotopic (exact) mass is 249 g/mol.